The number of pyridine rings is 2. The minimum atomic E-state index is -0.202. The van der Waals surface area contributed by atoms with E-state index in [1.165, 1.54) is 0 Å². The van der Waals surface area contributed by atoms with Gasteiger partial charge >= 0.3 is 0 Å². The lowest BCUT2D eigenvalue weighted by atomic mass is 10.1. The van der Waals surface area contributed by atoms with E-state index in [0.29, 0.717) is 23.0 Å². The average molecular weight is 368 g/mol. The van der Waals surface area contributed by atoms with Crippen molar-refractivity contribution < 1.29 is 9.53 Å². The van der Waals surface area contributed by atoms with Crippen LogP contribution in [0.5, 0.6) is 5.88 Å². The molecular weight excluding hydrogens is 350 g/mol. The number of hydrogen-bond acceptors (Lipinski definition) is 4. The quantitative estimate of drug-likeness (QED) is 0.739. The minimum Gasteiger partial charge on any atom is -0.481 e. The molecule has 0 fully saturated rings. The number of carbonyl (C=O) groups is 1. The van der Waals surface area contributed by atoms with Crippen molar-refractivity contribution in [1.29, 1.82) is 0 Å². The number of aromatic nitrogens is 2. The number of carbonyl (C=O) groups excluding carboxylic acids is 1. The van der Waals surface area contributed by atoms with Crippen LogP contribution < -0.4 is 10.1 Å². The average Bonchev–Trinajstić information content (AvgIpc) is 2.66. The molecule has 3 aromatic rings. The molecule has 1 aromatic carbocycles. The predicted molar refractivity (Wildman–Crippen MR) is 101 cm³/mol. The molecule has 0 unspecified atom stereocenters. The topological polar surface area (TPSA) is 64.1 Å². The molecule has 1 N–H and O–H groups in total. The van der Waals surface area contributed by atoms with Crippen molar-refractivity contribution in [2.45, 2.75) is 13.5 Å². The van der Waals surface area contributed by atoms with Crippen molar-refractivity contribution in [2.75, 3.05) is 7.11 Å². The van der Waals surface area contributed by atoms with Gasteiger partial charge in [-0.2, -0.15) is 0 Å². The van der Waals surface area contributed by atoms with Crippen molar-refractivity contribution in [1.82, 2.24) is 15.3 Å². The zero-order chi connectivity index (χ0) is 18.5. The van der Waals surface area contributed by atoms with Gasteiger partial charge in [0, 0.05) is 18.8 Å². The van der Waals surface area contributed by atoms with E-state index in [4.69, 9.17) is 16.3 Å². The van der Waals surface area contributed by atoms with Crippen LogP contribution in [-0.4, -0.2) is 23.0 Å². The van der Waals surface area contributed by atoms with Crippen molar-refractivity contribution in [3.05, 3.63) is 76.4 Å². The molecule has 26 heavy (non-hydrogen) atoms. The fraction of sp³-hybridized carbons (Fsp3) is 0.150. The third-order valence-corrected chi connectivity index (χ3v) is 4.24. The number of nitrogens with one attached hydrogen (secondary N) is 1. The zero-order valence-corrected chi connectivity index (χ0v) is 15.2. The minimum absolute atomic E-state index is 0.202. The lowest BCUT2D eigenvalue weighted by Gasteiger charge is -2.09. The summed E-state index contributed by atoms with van der Waals surface area (Å²) >= 11 is 6.13. The number of rotatable bonds is 5. The number of nitrogens with zero attached hydrogens (tertiary/aromatic N) is 2. The molecule has 2 heterocycles. The highest BCUT2D eigenvalue weighted by Gasteiger charge is 2.12. The van der Waals surface area contributed by atoms with Gasteiger partial charge in [0.05, 0.1) is 29.1 Å². The first-order valence-electron chi connectivity index (χ1n) is 8.08. The fourth-order valence-corrected chi connectivity index (χ4v) is 2.85. The standard InChI is InChI=1S/C20H18ClN3O2/c1-13-5-3-6-15(21)19(13)20(25)23-12-14-9-10-16(22-11-14)17-7-4-8-18(24-17)26-2/h3-11H,12H2,1-2H3,(H,23,25). The maximum atomic E-state index is 12.4. The Morgan fingerprint density at radius 2 is 1.92 bits per heavy atom. The molecule has 0 saturated heterocycles. The second kappa shape index (κ2) is 7.97. The summed E-state index contributed by atoms with van der Waals surface area (Å²) < 4.78 is 5.13. The number of methoxy groups -OCH3 is 1. The molecule has 0 radical (unpaired) electrons. The summed E-state index contributed by atoms with van der Waals surface area (Å²) in [5.74, 6) is 0.336. The predicted octanol–water partition coefficient (Wildman–Crippen LogP) is 4.04. The van der Waals surface area contributed by atoms with E-state index < -0.39 is 0 Å². The van der Waals surface area contributed by atoms with Gasteiger partial charge in [-0.1, -0.05) is 35.9 Å². The Labute approximate surface area is 157 Å². The van der Waals surface area contributed by atoms with Gasteiger partial charge in [0.2, 0.25) is 5.88 Å². The molecular formula is C20H18ClN3O2. The first-order chi connectivity index (χ1) is 12.6. The Morgan fingerprint density at radius 1 is 1.12 bits per heavy atom. The van der Waals surface area contributed by atoms with E-state index in [0.717, 1.165) is 22.5 Å². The lowest BCUT2D eigenvalue weighted by molar-refractivity contribution is 0.0950. The molecule has 0 aliphatic carbocycles. The van der Waals surface area contributed by atoms with Crippen LogP contribution in [0.3, 0.4) is 0 Å². The normalized spacial score (nSPS) is 10.4. The highest BCUT2D eigenvalue weighted by atomic mass is 35.5. The molecule has 6 heteroatoms. The molecule has 3 rings (SSSR count). The Kier molecular flexibility index (Phi) is 5.49. The van der Waals surface area contributed by atoms with Gasteiger partial charge in [0.1, 0.15) is 0 Å². The van der Waals surface area contributed by atoms with E-state index >= 15 is 0 Å². The number of benzene rings is 1. The van der Waals surface area contributed by atoms with Crippen LogP contribution in [0.4, 0.5) is 0 Å². The number of amides is 1. The van der Waals surface area contributed by atoms with Crippen LogP contribution in [0.15, 0.2) is 54.7 Å². The Morgan fingerprint density at radius 3 is 2.62 bits per heavy atom. The van der Waals surface area contributed by atoms with E-state index in [9.17, 15) is 4.79 Å². The van der Waals surface area contributed by atoms with Gasteiger partial charge in [-0.05, 0) is 36.2 Å². The summed E-state index contributed by atoms with van der Waals surface area (Å²) in [7, 11) is 1.58. The van der Waals surface area contributed by atoms with Crippen molar-refractivity contribution in [3.8, 4) is 17.3 Å². The summed E-state index contributed by atoms with van der Waals surface area (Å²) in [5, 5.41) is 3.32. The molecule has 0 bridgehead atoms. The molecule has 2 aromatic heterocycles. The molecule has 132 valence electrons. The second-order valence-corrected chi connectivity index (χ2v) is 6.14. The summed E-state index contributed by atoms with van der Waals surface area (Å²) in [6, 6.07) is 14.7. The van der Waals surface area contributed by atoms with E-state index in [2.05, 4.69) is 15.3 Å². The van der Waals surface area contributed by atoms with Gasteiger partial charge in [-0.3, -0.25) is 9.78 Å². The monoisotopic (exact) mass is 367 g/mol. The zero-order valence-electron chi connectivity index (χ0n) is 14.5. The Bertz CT molecular complexity index is 906. The van der Waals surface area contributed by atoms with Crippen LogP contribution in [0, 0.1) is 6.92 Å². The van der Waals surface area contributed by atoms with E-state index in [-0.39, 0.29) is 5.91 Å². The van der Waals surface area contributed by atoms with Crippen molar-refractivity contribution >= 4 is 17.5 Å². The van der Waals surface area contributed by atoms with Crippen molar-refractivity contribution in [3.63, 3.8) is 0 Å². The lowest BCUT2D eigenvalue weighted by Crippen LogP contribution is -2.24. The number of hydrogen-bond donors (Lipinski definition) is 1. The van der Waals surface area contributed by atoms with Gasteiger partial charge < -0.3 is 10.1 Å². The van der Waals surface area contributed by atoms with Crippen LogP contribution in [0.1, 0.15) is 21.5 Å². The fourth-order valence-electron chi connectivity index (χ4n) is 2.54. The Balaban J connectivity index is 1.69. The van der Waals surface area contributed by atoms with Crippen LogP contribution in [-0.2, 0) is 6.54 Å². The molecule has 0 atom stereocenters. The van der Waals surface area contributed by atoms with E-state index in [1.807, 2.05) is 43.3 Å². The molecule has 0 aliphatic heterocycles. The number of ether oxygens (including phenoxy) is 1. The summed E-state index contributed by atoms with van der Waals surface area (Å²) in [6.07, 6.45) is 1.72. The third-order valence-electron chi connectivity index (χ3n) is 3.92. The van der Waals surface area contributed by atoms with E-state index in [1.54, 1.807) is 25.4 Å². The first-order valence-corrected chi connectivity index (χ1v) is 8.46. The smallest absolute Gasteiger partial charge is 0.253 e. The van der Waals surface area contributed by atoms with Crippen LogP contribution in [0.2, 0.25) is 5.02 Å². The van der Waals surface area contributed by atoms with Gasteiger partial charge in [0.25, 0.3) is 5.91 Å². The molecule has 0 saturated carbocycles. The largest absolute Gasteiger partial charge is 0.481 e. The molecule has 5 nitrogen and oxygen atoms in total. The third kappa shape index (κ3) is 4.00. The molecule has 0 aliphatic rings. The van der Waals surface area contributed by atoms with Gasteiger partial charge in [-0.15, -0.1) is 0 Å². The molecule has 0 spiro atoms. The number of halogens is 1. The maximum Gasteiger partial charge on any atom is 0.253 e. The van der Waals surface area contributed by atoms with Crippen LogP contribution in [0.25, 0.3) is 11.4 Å². The maximum absolute atomic E-state index is 12.4. The highest BCUT2D eigenvalue weighted by Crippen LogP contribution is 2.20. The van der Waals surface area contributed by atoms with Crippen LogP contribution >= 0.6 is 11.6 Å². The van der Waals surface area contributed by atoms with Gasteiger partial charge in [0.15, 0.2) is 0 Å². The highest BCUT2D eigenvalue weighted by molar-refractivity contribution is 6.34. The SMILES string of the molecule is COc1cccc(-c2ccc(CNC(=O)c3c(C)cccc3Cl)cn2)n1. The summed E-state index contributed by atoms with van der Waals surface area (Å²) in [5.41, 5.74) is 3.69. The molecule has 1 amide bonds. The van der Waals surface area contributed by atoms with Gasteiger partial charge in [-0.25, -0.2) is 4.98 Å². The first kappa shape index (κ1) is 17.9. The Hall–Kier alpha value is -2.92. The summed E-state index contributed by atoms with van der Waals surface area (Å²) in [4.78, 5) is 21.1. The summed E-state index contributed by atoms with van der Waals surface area (Å²) in [6.45, 7) is 2.22. The number of aryl methyl sites for hydroxylation is 1. The second-order valence-electron chi connectivity index (χ2n) is 5.73. The van der Waals surface area contributed by atoms with Crippen molar-refractivity contribution in [2.24, 2.45) is 0 Å².